The van der Waals surface area contributed by atoms with E-state index in [1.165, 1.54) is 11.8 Å². The molecule has 5 rings (SSSR count). The van der Waals surface area contributed by atoms with Gasteiger partial charge in [0, 0.05) is 29.5 Å². The van der Waals surface area contributed by atoms with E-state index in [4.69, 9.17) is 9.15 Å². The number of aromatic nitrogens is 6. The molecular formula is C20H18N6O2S2. The average Bonchev–Trinajstić information content (AvgIpc) is 3.51. The van der Waals surface area contributed by atoms with Crippen LogP contribution < -0.4 is 4.74 Å². The fraction of sp³-hybridized carbons (Fsp3) is 0.250. The highest BCUT2D eigenvalue weighted by Gasteiger charge is 2.29. The van der Waals surface area contributed by atoms with Crippen molar-refractivity contribution in [1.29, 1.82) is 0 Å². The summed E-state index contributed by atoms with van der Waals surface area (Å²) in [5.41, 5.74) is 1.76. The molecule has 1 aliphatic rings. The molecule has 0 bridgehead atoms. The van der Waals surface area contributed by atoms with Gasteiger partial charge in [-0.2, -0.15) is 0 Å². The maximum Gasteiger partial charge on any atom is 0.276 e. The Balaban J connectivity index is 1.32. The molecule has 0 aliphatic carbocycles. The van der Waals surface area contributed by atoms with E-state index in [1.807, 2.05) is 49.5 Å². The maximum atomic E-state index is 5.90. The second kappa shape index (κ2) is 8.49. The zero-order valence-corrected chi connectivity index (χ0v) is 17.8. The van der Waals surface area contributed by atoms with Gasteiger partial charge in [0.05, 0.1) is 18.2 Å². The van der Waals surface area contributed by atoms with Gasteiger partial charge in [0.15, 0.2) is 11.0 Å². The number of thioether (sulfide) groups is 2. The summed E-state index contributed by atoms with van der Waals surface area (Å²) in [7, 11) is 0. The van der Waals surface area contributed by atoms with Crippen LogP contribution in [0, 0.1) is 0 Å². The smallest absolute Gasteiger partial charge is 0.276 e. The van der Waals surface area contributed by atoms with Gasteiger partial charge in [-0.25, -0.2) is 0 Å². The zero-order chi connectivity index (χ0) is 20.3. The van der Waals surface area contributed by atoms with E-state index in [1.54, 1.807) is 18.0 Å². The largest absolute Gasteiger partial charge is 0.493 e. The standard InChI is InChI=1S/C20H18N6O2S2/c1-2-27-16-8-4-3-7-15(16)18-23-25-20(28-18)30-12-14-11-29-19-24-22-17(26(14)19)13-6-5-9-21-10-13/h3-10,14H,2,11-12H2,1H3. The molecule has 0 spiro atoms. The van der Waals surface area contributed by atoms with Crippen molar-refractivity contribution >= 4 is 23.5 Å². The highest BCUT2D eigenvalue weighted by Crippen LogP contribution is 2.39. The molecule has 0 N–H and O–H groups in total. The highest BCUT2D eigenvalue weighted by molar-refractivity contribution is 8.00. The second-order valence-electron chi connectivity index (χ2n) is 6.50. The highest BCUT2D eigenvalue weighted by atomic mass is 32.2. The quantitative estimate of drug-likeness (QED) is 0.393. The third-order valence-corrected chi connectivity index (χ3v) is 6.63. The van der Waals surface area contributed by atoms with Crippen LogP contribution in [0.5, 0.6) is 5.75 Å². The summed E-state index contributed by atoms with van der Waals surface area (Å²) in [5.74, 6) is 3.75. The molecule has 3 aromatic heterocycles. The number of pyridine rings is 1. The first-order valence-corrected chi connectivity index (χ1v) is 11.5. The number of fused-ring (bicyclic) bond motifs is 1. The molecule has 4 aromatic rings. The predicted molar refractivity (Wildman–Crippen MR) is 115 cm³/mol. The van der Waals surface area contributed by atoms with Gasteiger partial charge in [-0.05, 0) is 31.2 Å². The minimum absolute atomic E-state index is 0.228. The van der Waals surface area contributed by atoms with Crippen molar-refractivity contribution in [2.24, 2.45) is 0 Å². The third kappa shape index (κ3) is 3.68. The van der Waals surface area contributed by atoms with Gasteiger partial charge in [-0.1, -0.05) is 35.7 Å². The Hall–Kier alpha value is -2.85. The van der Waals surface area contributed by atoms with Crippen LogP contribution in [0.1, 0.15) is 13.0 Å². The second-order valence-corrected chi connectivity index (χ2v) is 8.45. The topological polar surface area (TPSA) is 91.8 Å². The number of nitrogens with zero attached hydrogens (tertiary/aromatic N) is 6. The first-order chi connectivity index (χ1) is 14.8. The summed E-state index contributed by atoms with van der Waals surface area (Å²) in [6.07, 6.45) is 3.56. The van der Waals surface area contributed by atoms with E-state index in [-0.39, 0.29) is 6.04 Å². The lowest BCUT2D eigenvalue weighted by molar-refractivity contribution is 0.340. The molecule has 0 radical (unpaired) electrons. The van der Waals surface area contributed by atoms with Crippen LogP contribution in [-0.2, 0) is 0 Å². The van der Waals surface area contributed by atoms with Gasteiger partial charge in [-0.15, -0.1) is 20.4 Å². The number of para-hydroxylation sites is 1. The zero-order valence-electron chi connectivity index (χ0n) is 16.1. The summed E-state index contributed by atoms with van der Waals surface area (Å²) in [5, 5.41) is 18.6. The molecule has 0 saturated heterocycles. The number of benzene rings is 1. The van der Waals surface area contributed by atoms with Crippen LogP contribution in [0.2, 0.25) is 0 Å². The van der Waals surface area contributed by atoms with Gasteiger partial charge in [0.1, 0.15) is 5.75 Å². The Kier molecular flexibility index (Phi) is 5.41. The Morgan fingerprint density at radius 1 is 1.17 bits per heavy atom. The molecule has 10 heteroatoms. The van der Waals surface area contributed by atoms with E-state index >= 15 is 0 Å². The lowest BCUT2D eigenvalue weighted by atomic mass is 10.2. The van der Waals surface area contributed by atoms with Crippen molar-refractivity contribution in [3.05, 3.63) is 48.8 Å². The van der Waals surface area contributed by atoms with Crippen LogP contribution in [0.3, 0.4) is 0 Å². The van der Waals surface area contributed by atoms with Crippen LogP contribution in [0.4, 0.5) is 0 Å². The molecule has 4 heterocycles. The Morgan fingerprint density at radius 2 is 2.10 bits per heavy atom. The van der Waals surface area contributed by atoms with Crippen LogP contribution >= 0.6 is 23.5 Å². The van der Waals surface area contributed by atoms with Crippen molar-refractivity contribution in [2.75, 3.05) is 18.1 Å². The van der Waals surface area contributed by atoms with Gasteiger partial charge in [-0.3, -0.25) is 9.55 Å². The first kappa shape index (κ1) is 19.1. The molecule has 1 aliphatic heterocycles. The van der Waals surface area contributed by atoms with E-state index in [0.717, 1.165) is 39.4 Å². The minimum Gasteiger partial charge on any atom is -0.493 e. The summed E-state index contributed by atoms with van der Waals surface area (Å²) in [4.78, 5) is 4.20. The van der Waals surface area contributed by atoms with E-state index < -0.39 is 0 Å². The van der Waals surface area contributed by atoms with Gasteiger partial charge >= 0.3 is 0 Å². The maximum absolute atomic E-state index is 5.90. The molecule has 0 saturated carbocycles. The van der Waals surface area contributed by atoms with Crippen molar-refractivity contribution in [2.45, 2.75) is 23.3 Å². The normalized spacial score (nSPS) is 15.3. The minimum atomic E-state index is 0.228. The molecule has 152 valence electrons. The van der Waals surface area contributed by atoms with Gasteiger partial charge in [0.25, 0.3) is 11.1 Å². The lowest BCUT2D eigenvalue weighted by Crippen LogP contribution is -2.11. The first-order valence-electron chi connectivity index (χ1n) is 9.50. The summed E-state index contributed by atoms with van der Waals surface area (Å²) in [6.45, 7) is 2.52. The van der Waals surface area contributed by atoms with Crippen LogP contribution in [-0.4, -0.2) is 48.1 Å². The Morgan fingerprint density at radius 3 is 2.97 bits per heavy atom. The van der Waals surface area contributed by atoms with E-state index in [2.05, 4.69) is 29.9 Å². The van der Waals surface area contributed by atoms with Gasteiger partial charge < -0.3 is 9.15 Å². The van der Waals surface area contributed by atoms with Gasteiger partial charge in [0.2, 0.25) is 0 Å². The van der Waals surface area contributed by atoms with Crippen molar-refractivity contribution < 1.29 is 9.15 Å². The summed E-state index contributed by atoms with van der Waals surface area (Å²) in [6, 6.07) is 11.8. The van der Waals surface area contributed by atoms with Crippen LogP contribution in [0.25, 0.3) is 22.8 Å². The fourth-order valence-corrected chi connectivity index (χ4v) is 5.30. The van der Waals surface area contributed by atoms with Crippen molar-refractivity contribution in [1.82, 2.24) is 29.9 Å². The molecule has 1 aromatic carbocycles. The van der Waals surface area contributed by atoms with Crippen LogP contribution in [0.15, 0.2) is 63.6 Å². The monoisotopic (exact) mass is 438 g/mol. The molecule has 0 fully saturated rings. The fourth-order valence-electron chi connectivity index (χ4n) is 3.23. The lowest BCUT2D eigenvalue weighted by Gasteiger charge is -2.12. The molecule has 30 heavy (non-hydrogen) atoms. The van der Waals surface area contributed by atoms with Crippen molar-refractivity contribution in [3.8, 4) is 28.6 Å². The molecule has 1 unspecified atom stereocenters. The number of hydrogen-bond donors (Lipinski definition) is 0. The molecule has 0 amide bonds. The van der Waals surface area contributed by atoms with E-state index in [0.29, 0.717) is 17.7 Å². The third-order valence-electron chi connectivity index (χ3n) is 4.58. The van der Waals surface area contributed by atoms with Crippen molar-refractivity contribution in [3.63, 3.8) is 0 Å². The average molecular weight is 439 g/mol. The van der Waals surface area contributed by atoms with E-state index in [9.17, 15) is 0 Å². The predicted octanol–water partition coefficient (Wildman–Crippen LogP) is 4.23. The Labute approximate surface area is 181 Å². The molecule has 8 nitrogen and oxygen atoms in total. The Bertz CT molecular complexity index is 1150. The molecular weight excluding hydrogens is 420 g/mol. The summed E-state index contributed by atoms with van der Waals surface area (Å²) < 4.78 is 13.7. The summed E-state index contributed by atoms with van der Waals surface area (Å²) >= 11 is 3.25. The number of ether oxygens (including phenoxy) is 1. The number of hydrogen-bond acceptors (Lipinski definition) is 9. The number of rotatable bonds is 7. The SMILES string of the molecule is CCOc1ccccc1-c1nnc(SCC2CSc3nnc(-c4cccnc4)n32)o1. The molecule has 1 atom stereocenters.